The first kappa shape index (κ1) is 9.99. The summed E-state index contributed by atoms with van der Waals surface area (Å²) in [5, 5.41) is 8.25. The third kappa shape index (κ3) is 6.88. The molecule has 0 aliphatic carbocycles. The highest BCUT2D eigenvalue weighted by Crippen LogP contribution is 2.00. The Morgan fingerprint density at radius 3 is 2.82 bits per heavy atom. The molecule has 0 heterocycles. The first-order chi connectivity index (χ1) is 5.16. The highest BCUT2D eigenvalue weighted by atomic mass is 16.4. The molecule has 0 aliphatic rings. The zero-order valence-corrected chi connectivity index (χ0v) is 7.00. The van der Waals surface area contributed by atoms with E-state index in [1.54, 1.807) is 0 Å². The number of rotatable bonds is 4. The molecule has 0 aromatic heterocycles. The molecule has 0 amide bonds. The van der Waals surface area contributed by atoms with Gasteiger partial charge in [-0.1, -0.05) is 13.8 Å². The smallest absolute Gasteiger partial charge is 0.307 e. The Morgan fingerprint density at radius 2 is 2.36 bits per heavy atom. The van der Waals surface area contributed by atoms with Crippen molar-refractivity contribution in [3.8, 4) is 0 Å². The molecule has 0 spiro atoms. The molecule has 1 atom stereocenters. The van der Waals surface area contributed by atoms with E-state index in [1.165, 1.54) is 6.08 Å². The predicted octanol–water partition coefficient (Wildman–Crippen LogP) is 2.22. The van der Waals surface area contributed by atoms with Crippen LogP contribution in [0.1, 0.15) is 26.7 Å². The van der Waals surface area contributed by atoms with Gasteiger partial charge in [-0.25, -0.2) is 0 Å². The van der Waals surface area contributed by atoms with Crippen LogP contribution in [0.3, 0.4) is 0 Å². The highest BCUT2D eigenvalue weighted by molar-refractivity contribution is 5.68. The average Bonchev–Trinajstić information content (AvgIpc) is 1.97. The molecule has 0 aliphatic heterocycles. The lowest BCUT2D eigenvalue weighted by Crippen LogP contribution is -1.89. The molecule has 0 radical (unpaired) electrons. The molecule has 0 saturated carbocycles. The SMILES string of the molecule is CCC(C)C=C=CCC(=O)O. The standard InChI is InChI=1S/C9H14O2/c1-3-8(2)6-4-5-7-9(10)11/h5-6,8H,3,7H2,1-2H3,(H,10,11). The average molecular weight is 154 g/mol. The minimum absolute atomic E-state index is 0.0624. The molecule has 0 bridgehead atoms. The van der Waals surface area contributed by atoms with Crippen molar-refractivity contribution in [3.63, 3.8) is 0 Å². The summed E-state index contributed by atoms with van der Waals surface area (Å²) < 4.78 is 0. The Balaban J connectivity index is 3.71. The fourth-order valence-corrected chi connectivity index (χ4v) is 0.496. The number of carbonyl (C=O) groups is 1. The second kappa shape index (κ2) is 5.75. The summed E-state index contributed by atoms with van der Waals surface area (Å²) in [6.45, 7) is 4.15. The fraction of sp³-hybridized carbons (Fsp3) is 0.556. The molecule has 62 valence electrons. The van der Waals surface area contributed by atoms with E-state index in [4.69, 9.17) is 5.11 Å². The second-order valence-electron chi connectivity index (χ2n) is 2.52. The van der Waals surface area contributed by atoms with Crippen LogP contribution in [0.5, 0.6) is 0 Å². The molecule has 1 unspecified atom stereocenters. The van der Waals surface area contributed by atoms with E-state index in [0.717, 1.165) is 6.42 Å². The summed E-state index contributed by atoms with van der Waals surface area (Å²) in [6, 6.07) is 0. The van der Waals surface area contributed by atoms with Crippen molar-refractivity contribution < 1.29 is 9.90 Å². The van der Waals surface area contributed by atoms with Gasteiger partial charge >= 0.3 is 5.97 Å². The highest BCUT2D eigenvalue weighted by Gasteiger charge is 1.89. The van der Waals surface area contributed by atoms with Crippen molar-refractivity contribution in [1.82, 2.24) is 0 Å². The van der Waals surface area contributed by atoms with Crippen LogP contribution in [0.15, 0.2) is 17.9 Å². The predicted molar refractivity (Wildman–Crippen MR) is 44.4 cm³/mol. The largest absolute Gasteiger partial charge is 0.481 e. The Kier molecular flexibility index (Phi) is 5.22. The third-order valence-electron chi connectivity index (χ3n) is 1.42. The van der Waals surface area contributed by atoms with Crippen LogP contribution in [0.2, 0.25) is 0 Å². The van der Waals surface area contributed by atoms with E-state index in [-0.39, 0.29) is 6.42 Å². The van der Waals surface area contributed by atoms with E-state index in [0.29, 0.717) is 5.92 Å². The van der Waals surface area contributed by atoms with Crippen molar-refractivity contribution in [2.75, 3.05) is 0 Å². The number of aliphatic carboxylic acids is 1. The van der Waals surface area contributed by atoms with Gasteiger partial charge in [-0.05, 0) is 24.5 Å². The monoisotopic (exact) mass is 154 g/mol. The van der Waals surface area contributed by atoms with Crippen LogP contribution in [-0.4, -0.2) is 11.1 Å². The summed E-state index contributed by atoms with van der Waals surface area (Å²) in [4.78, 5) is 10.0. The van der Waals surface area contributed by atoms with Gasteiger partial charge in [0.05, 0.1) is 6.42 Å². The Hall–Kier alpha value is -1.01. The molecule has 2 heteroatoms. The summed E-state index contributed by atoms with van der Waals surface area (Å²) in [5.41, 5.74) is 2.84. The molecular weight excluding hydrogens is 140 g/mol. The minimum Gasteiger partial charge on any atom is -0.481 e. The van der Waals surface area contributed by atoms with Crippen LogP contribution < -0.4 is 0 Å². The van der Waals surface area contributed by atoms with Crippen molar-refractivity contribution in [2.45, 2.75) is 26.7 Å². The summed E-state index contributed by atoms with van der Waals surface area (Å²) in [7, 11) is 0. The summed E-state index contributed by atoms with van der Waals surface area (Å²) in [6.07, 6.45) is 4.55. The van der Waals surface area contributed by atoms with E-state index in [1.807, 2.05) is 6.08 Å². The Labute approximate surface area is 67.2 Å². The molecule has 1 N–H and O–H groups in total. The quantitative estimate of drug-likeness (QED) is 0.630. The van der Waals surface area contributed by atoms with Crippen molar-refractivity contribution in [1.29, 1.82) is 0 Å². The zero-order valence-electron chi connectivity index (χ0n) is 7.00. The number of hydrogen-bond donors (Lipinski definition) is 1. The van der Waals surface area contributed by atoms with Crippen LogP contribution in [0, 0.1) is 5.92 Å². The lowest BCUT2D eigenvalue weighted by Gasteiger charge is -1.94. The maximum absolute atomic E-state index is 10.0. The van der Waals surface area contributed by atoms with E-state index < -0.39 is 5.97 Å². The lowest BCUT2D eigenvalue weighted by atomic mass is 10.1. The van der Waals surface area contributed by atoms with Crippen molar-refractivity contribution in [2.24, 2.45) is 5.92 Å². The number of carboxylic acid groups (broad SMARTS) is 1. The Bertz CT molecular complexity index is 176. The summed E-state index contributed by atoms with van der Waals surface area (Å²) >= 11 is 0. The van der Waals surface area contributed by atoms with Gasteiger partial charge in [-0.15, -0.1) is 5.73 Å². The third-order valence-corrected chi connectivity index (χ3v) is 1.42. The zero-order chi connectivity index (χ0) is 8.69. The van der Waals surface area contributed by atoms with Gasteiger partial charge in [0.15, 0.2) is 0 Å². The molecule has 2 nitrogen and oxygen atoms in total. The van der Waals surface area contributed by atoms with E-state index in [9.17, 15) is 4.79 Å². The lowest BCUT2D eigenvalue weighted by molar-refractivity contribution is -0.135. The van der Waals surface area contributed by atoms with Crippen LogP contribution >= 0.6 is 0 Å². The second-order valence-corrected chi connectivity index (χ2v) is 2.52. The molecule has 0 aromatic rings. The molecule has 0 fully saturated rings. The topological polar surface area (TPSA) is 37.3 Å². The number of carboxylic acids is 1. The van der Waals surface area contributed by atoms with Gasteiger partial charge in [0.2, 0.25) is 0 Å². The van der Waals surface area contributed by atoms with Crippen molar-refractivity contribution >= 4 is 5.97 Å². The van der Waals surface area contributed by atoms with Crippen LogP contribution in [0.4, 0.5) is 0 Å². The maximum Gasteiger partial charge on any atom is 0.307 e. The summed E-state index contributed by atoms with van der Waals surface area (Å²) in [5.74, 6) is -0.324. The van der Waals surface area contributed by atoms with Gasteiger partial charge < -0.3 is 5.11 Å². The molecule has 0 aromatic carbocycles. The Morgan fingerprint density at radius 1 is 1.73 bits per heavy atom. The van der Waals surface area contributed by atoms with Gasteiger partial charge in [-0.3, -0.25) is 4.79 Å². The van der Waals surface area contributed by atoms with Gasteiger partial charge in [0.1, 0.15) is 0 Å². The molecular formula is C9H14O2. The van der Waals surface area contributed by atoms with Crippen LogP contribution in [0.25, 0.3) is 0 Å². The van der Waals surface area contributed by atoms with Gasteiger partial charge in [0.25, 0.3) is 0 Å². The first-order valence-corrected chi connectivity index (χ1v) is 3.79. The van der Waals surface area contributed by atoms with E-state index >= 15 is 0 Å². The van der Waals surface area contributed by atoms with Crippen molar-refractivity contribution in [3.05, 3.63) is 17.9 Å². The molecule has 0 rings (SSSR count). The number of hydrogen-bond acceptors (Lipinski definition) is 1. The maximum atomic E-state index is 10.0. The van der Waals surface area contributed by atoms with Gasteiger partial charge in [0, 0.05) is 0 Å². The normalized spacial score (nSPS) is 11.5. The molecule has 0 saturated heterocycles. The fourth-order valence-electron chi connectivity index (χ4n) is 0.496. The minimum atomic E-state index is -0.810. The van der Waals surface area contributed by atoms with E-state index in [2.05, 4.69) is 19.6 Å². The van der Waals surface area contributed by atoms with Crippen LogP contribution in [-0.2, 0) is 4.79 Å². The van der Waals surface area contributed by atoms with Gasteiger partial charge in [-0.2, -0.15) is 0 Å². The molecule has 11 heavy (non-hydrogen) atoms. The first-order valence-electron chi connectivity index (χ1n) is 3.79.